The van der Waals surface area contributed by atoms with Crippen molar-refractivity contribution < 1.29 is 14.3 Å². The summed E-state index contributed by atoms with van der Waals surface area (Å²) in [6.07, 6.45) is 3.44. The van der Waals surface area contributed by atoms with Crippen LogP contribution in [0.5, 0.6) is 5.75 Å². The van der Waals surface area contributed by atoms with Gasteiger partial charge in [-0.3, -0.25) is 4.79 Å². The van der Waals surface area contributed by atoms with E-state index < -0.39 is 17.9 Å². The maximum absolute atomic E-state index is 13.0. The fourth-order valence-corrected chi connectivity index (χ4v) is 4.14. The smallest absolute Gasteiger partial charge is 0.317 e. The fraction of sp³-hybridized carbons (Fsp3) is 0.192. The van der Waals surface area contributed by atoms with Crippen molar-refractivity contribution in [1.82, 2.24) is 20.4 Å². The molecule has 2 N–H and O–H groups in total. The molecule has 1 saturated heterocycles. The Balaban J connectivity index is 1.82. The maximum Gasteiger partial charge on any atom is 0.317 e. The molecule has 2 heterocycles. The summed E-state index contributed by atoms with van der Waals surface area (Å²) in [6, 6.07) is 16.9. The Morgan fingerprint density at radius 1 is 1.21 bits per heavy atom. The molecule has 0 spiro atoms. The number of nitrogens with one attached hydrogen (secondary N) is 2. The molecule has 3 aromatic rings. The molecule has 1 aromatic heterocycles. The zero-order chi connectivity index (χ0) is 24.1. The van der Waals surface area contributed by atoms with Gasteiger partial charge in [0, 0.05) is 23.0 Å². The van der Waals surface area contributed by atoms with E-state index in [1.54, 1.807) is 4.68 Å². The Hall–Kier alpha value is -3.91. The van der Waals surface area contributed by atoms with E-state index in [0.717, 1.165) is 22.6 Å². The van der Waals surface area contributed by atoms with Crippen molar-refractivity contribution in [2.24, 2.45) is 5.92 Å². The van der Waals surface area contributed by atoms with Gasteiger partial charge in [-0.15, -0.1) is 0 Å². The lowest BCUT2D eigenvalue weighted by Crippen LogP contribution is -2.51. The van der Waals surface area contributed by atoms with Crippen molar-refractivity contribution in [3.63, 3.8) is 0 Å². The molecule has 34 heavy (non-hydrogen) atoms. The van der Waals surface area contributed by atoms with E-state index in [1.165, 1.54) is 6.08 Å². The van der Waals surface area contributed by atoms with Gasteiger partial charge < -0.3 is 20.1 Å². The van der Waals surface area contributed by atoms with E-state index in [4.69, 9.17) is 26.8 Å². The lowest BCUT2D eigenvalue weighted by molar-refractivity contribution is -0.147. The second-order valence-electron chi connectivity index (χ2n) is 7.67. The second-order valence-corrected chi connectivity index (χ2v) is 8.08. The Morgan fingerprint density at radius 3 is 2.62 bits per heavy atom. The van der Waals surface area contributed by atoms with Gasteiger partial charge in [-0.05, 0) is 55.5 Å². The summed E-state index contributed by atoms with van der Waals surface area (Å²) in [5.74, 6) is -0.375. The Morgan fingerprint density at radius 2 is 1.94 bits per heavy atom. The number of carbonyl (C=O) groups excluding carboxylic acids is 1. The molecular formula is C26H26N4O3S. The van der Waals surface area contributed by atoms with E-state index in [9.17, 15) is 4.79 Å². The molecule has 0 saturated carbocycles. The number of aromatic nitrogens is 2. The second kappa shape index (κ2) is 10.4. The van der Waals surface area contributed by atoms with Crippen molar-refractivity contribution >= 4 is 23.3 Å². The SMILES string of the molecule is C=CCOC(=O)[C@@H]1C(=C)NC(=S)N[C@H]1c1cn(-c2ccccc2)nc1-c1ccc(OCC)cc1. The molecule has 4 rings (SSSR count). The van der Waals surface area contributed by atoms with Crippen LogP contribution in [0.2, 0.25) is 0 Å². The van der Waals surface area contributed by atoms with Crippen LogP contribution < -0.4 is 15.4 Å². The molecule has 174 valence electrons. The molecule has 1 fully saturated rings. The minimum Gasteiger partial charge on any atom is -0.494 e. The van der Waals surface area contributed by atoms with Crippen molar-refractivity contribution in [2.75, 3.05) is 13.2 Å². The lowest BCUT2D eigenvalue weighted by Gasteiger charge is -2.34. The number of nitrogens with zero attached hydrogens (tertiary/aromatic N) is 2. The average Bonchev–Trinajstić information content (AvgIpc) is 3.29. The van der Waals surface area contributed by atoms with Gasteiger partial charge >= 0.3 is 5.97 Å². The van der Waals surface area contributed by atoms with Gasteiger partial charge in [0.15, 0.2) is 5.11 Å². The number of esters is 1. The summed E-state index contributed by atoms with van der Waals surface area (Å²) < 4.78 is 12.8. The number of hydrogen-bond acceptors (Lipinski definition) is 5. The van der Waals surface area contributed by atoms with E-state index in [0.29, 0.717) is 23.1 Å². The molecule has 0 unspecified atom stereocenters. The van der Waals surface area contributed by atoms with Gasteiger partial charge in [0.05, 0.1) is 24.0 Å². The molecule has 8 heteroatoms. The molecule has 1 aliphatic heterocycles. The summed E-state index contributed by atoms with van der Waals surface area (Å²) in [7, 11) is 0. The molecule has 0 aliphatic carbocycles. The van der Waals surface area contributed by atoms with E-state index in [-0.39, 0.29) is 6.61 Å². The minimum absolute atomic E-state index is 0.106. The van der Waals surface area contributed by atoms with Crippen LogP contribution in [0.4, 0.5) is 0 Å². The zero-order valence-corrected chi connectivity index (χ0v) is 19.7. The molecule has 0 radical (unpaired) electrons. The van der Waals surface area contributed by atoms with Crippen LogP contribution in [0, 0.1) is 5.92 Å². The monoisotopic (exact) mass is 474 g/mol. The summed E-state index contributed by atoms with van der Waals surface area (Å²) >= 11 is 5.40. The molecule has 1 aliphatic rings. The van der Waals surface area contributed by atoms with Crippen molar-refractivity contribution in [1.29, 1.82) is 0 Å². The summed E-state index contributed by atoms with van der Waals surface area (Å²) in [4.78, 5) is 13.0. The molecule has 2 aromatic carbocycles. The van der Waals surface area contributed by atoms with Crippen molar-refractivity contribution in [3.8, 4) is 22.7 Å². The Labute approximate surface area is 204 Å². The van der Waals surface area contributed by atoms with Gasteiger partial charge in [-0.1, -0.05) is 37.4 Å². The fourth-order valence-electron chi connectivity index (χ4n) is 3.88. The van der Waals surface area contributed by atoms with Crippen LogP contribution in [-0.2, 0) is 9.53 Å². The number of benzene rings is 2. The maximum atomic E-state index is 13.0. The van der Waals surface area contributed by atoms with Crippen LogP contribution >= 0.6 is 12.2 Å². The van der Waals surface area contributed by atoms with E-state index in [2.05, 4.69) is 23.8 Å². The van der Waals surface area contributed by atoms with Crippen molar-refractivity contribution in [3.05, 3.63) is 91.3 Å². The first kappa shape index (κ1) is 23.3. The highest BCUT2D eigenvalue weighted by Gasteiger charge is 2.40. The largest absolute Gasteiger partial charge is 0.494 e. The van der Waals surface area contributed by atoms with Crippen LogP contribution in [0.3, 0.4) is 0 Å². The van der Waals surface area contributed by atoms with Gasteiger partial charge in [0.1, 0.15) is 18.3 Å². The first-order valence-electron chi connectivity index (χ1n) is 10.9. The third kappa shape index (κ3) is 4.87. The zero-order valence-electron chi connectivity index (χ0n) is 18.9. The highest BCUT2D eigenvalue weighted by Crippen LogP contribution is 2.37. The third-order valence-electron chi connectivity index (χ3n) is 5.40. The Bertz CT molecular complexity index is 1200. The quantitative estimate of drug-likeness (QED) is 0.286. The molecule has 0 amide bonds. The lowest BCUT2D eigenvalue weighted by atomic mass is 9.88. The number of rotatable bonds is 8. The van der Waals surface area contributed by atoms with Gasteiger partial charge in [-0.2, -0.15) is 5.10 Å². The van der Waals surface area contributed by atoms with E-state index in [1.807, 2.05) is 67.7 Å². The summed E-state index contributed by atoms with van der Waals surface area (Å²) in [5, 5.41) is 11.5. The highest BCUT2D eigenvalue weighted by atomic mass is 32.1. The van der Waals surface area contributed by atoms with Gasteiger partial charge in [-0.25, -0.2) is 4.68 Å². The molecule has 2 atom stereocenters. The number of thiocarbonyl (C=S) groups is 1. The molecule has 0 bridgehead atoms. The first-order valence-corrected chi connectivity index (χ1v) is 11.3. The predicted octanol–water partition coefficient (Wildman–Crippen LogP) is 4.32. The molecular weight excluding hydrogens is 448 g/mol. The number of ether oxygens (including phenoxy) is 2. The third-order valence-corrected chi connectivity index (χ3v) is 5.62. The predicted molar refractivity (Wildman–Crippen MR) is 136 cm³/mol. The van der Waals surface area contributed by atoms with Crippen molar-refractivity contribution in [2.45, 2.75) is 13.0 Å². The van der Waals surface area contributed by atoms with Gasteiger partial charge in [0.25, 0.3) is 0 Å². The van der Waals surface area contributed by atoms with E-state index >= 15 is 0 Å². The topological polar surface area (TPSA) is 77.4 Å². The number of hydrogen-bond donors (Lipinski definition) is 2. The standard InChI is InChI=1S/C26H26N4O3S/c1-4-15-33-25(31)22-17(3)27-26(34)28-24(22)21-16-30(19-9-7-6-8-10-19)29-23(21)18-11-13-20(14-12-18)32-5-2/h4,6-14,16,22,24H,1,3,5,15H2,2H3,(H2,27,28,34)/t22-,24+/m1/s1. The summed E-state index contributed by atoms with van der Waals surface area (Å²) in [5.41, 5.74) is 3.74. The highest BCUT2D eigenvalue weighted by molar-refractivity contribution is 7.80. The Kier molecular flexibility index (Phi) is 7.08. The van der Waals surface area contributed by atoms with Crippen LogP contribution in [0.1, 0.15) is 18.5 Å². The average molecular weight is 475 g/mol. The number of carbonyl (C=O) groups is 1. The normalized spacial score (nSPS) is 17.4. The van der Waals surface area contributed by atoms with Crippen LogP contribution in [0.25, 0.3) is 16.9 Å². The van der Waals surface area contributed by atoms with Crippen LogP contribution in [-0.4, -0.2) is 34.1 Å². The molecule has 7 nitrogen and oxygen atoms in total. The summed E-state index contributed by atoms with van der Waals surface area (Å²) in [6.45, 7) is 10.3. The first-order chi connectivity index (χ1) is 16.5. The minimum atomic E-state index is -0.721. The van der Waals surface area contributed by atoms with Gasteiger partial charge in [0.2, 0.25) is 0 Å². The van der Waals surface area contributed by atoms with Crippen LogP contribution in [0.15, 0.2) is 85.7 Å². The number of para-hydroxylation sites is 1.